The second-order valence-electron chi connectivity index (χ2n) is 4.50. The number of alkyl halides is 2. The highest BCUT2D eigenvalue weighted by atomic mass is 32.2. The first-order valence-corrected chi connectivity index (χ1v) is 7.47. The Morgan fingerprint density at radius 2 is 1.91 bits per heavy atom. The van der Waals surface area contributed by atoms with Crippen molar-refractivity contribution >= 4 is 20.9 Å². The first-order chi connectivity index (χ1) is 10.1. The molecule has 0 atom stereocenters. The lowest BCUT2D eigenvalue weighted by Crippen LogP contribution is -2.41. The first-order valence-electron chi connectivity index (χ1n) is 5.98. The smallest absolute Gasteiger partial charge is 0.325 e. The summed E-state index contributed by atoms with van der Waals surface area (Å²) < 4.78 is 51.6. The molecule has 1 aromatic carbocycles. The molecule has 0 unspecified atom stereocenters. The first kappa shape index (κ1) is 16.3. The number of nitrogens with two attached hydrogens (primary N) is 1. The third-order valence-electron chi connectivity index (χ3n) is 2.84. The van der Waals surface area contributed by atoms with Crippen LogP contribution in [-0.2, 0) is 10.0 Å². The van der Waals surface area contributed by atoms with Crippen LogP contribution in [0.1, 0.15) is 0 Å². The lowest BCUT2D eigenvalue weighted by molar-refractivity contribution is 0.0170. The van der Waals surface area contributed by atoms with E-state index >= 15 is 0 Å². The third kappa shape index (κ3) is 3.37. The molecule has 0 fully saturated rings. The summed E-state index contributed by atoms with van der Waals surface area (Å²) in [5.74, 6) is -3.38. The number of rotatable bonds is 5. The Morgan fingerprint density at radius 3 is 2.55 bits per heavy atom. The number of halogens is 2. The van der Waals surface area contributed by atoms with Gasteiger partial charge >= 0.3 is 5.69 Å². The average Bonchev–Trinajstić information content (AvgIpc) is 2.45. The molecule has 0 bridgehead atoms. The van der Waals surface area contributed by atoms with Crippen LogP contribution < -0.4 is 21.7 Å². The molecule has 2 rings (SSSR count). The second-order valence-corrected chi connectivity index (χ2v) is 6.27. The number of fused-ring (bicyclic) bond motifs is 1. The number of aromatic nitrogens is 2. The molecule has 2 aromatic rings. The zero-order chi connectivity index (χ0) is 16.5. The average molecular weight is 334 g/mol. The molecule has 5 N–H and O–H groups in total. The number of aromatic amines is 2. The highest BCUT2D eigenvalue weighted by molar-refractivity contribution is 7.89. The fourth-order valence-electron chi connectivity index (χ4n) is 1.67. The van der Waals surface area contributed by atoms with Crippen molar-refractivity contribution in [1.82, 2.24) is 14.7 Å². The molecule has 8 nitrogen and oxygen atoms in total. The maximum atomic E-state index is 13.0. The minimum atomic E-state index is -4.25. The largest absolute Gasteiger partial charge is 0.326 e. The topological polar surface area (TPSA) is 138 Å². The van der Waals surface area contributed by atoms with E-state index in [1.807, 2.05) is 4.98 Å². The molecule has 0 spiro atoms. The minimum absolute atomic E-state index is 0.0898. The van der Waals surface area contributed by atoms with Gasteiger partial charge in [-0.05, 0) is 18.2 Å². The molecule has 0 aliphatic rings. The lowest BCUT2D eigenvalue weighted by Gasteiger charge is -2.14. The van der Waals surface area contributed by atoms with Crippen molar-refractivity contribution in [2.24, 2.45) is 5.73 Å². The quantitative estimate of drug-likeness (QED) is 0.561. The summed E-state index contributed by atoms with van der Waals surface area (Å²) >= 11 is 0. The predicted octanol–water partition coefficient (Wildman–Crippen LogP) is -0.911. The standard InChI is InChI=1S/C11H12F2N4O4S/c12-11(13,4-14)5-15-22(20,21)6-1-2-8-7(3-6)9(18)17-10(19)16-8/h1-3,15H,4-5,14H2,(H2,16,17,18,19). The highest BCUT2D eigenvalue weighted by Crippen LogP contribution is 2.15. The SMILES string of the molecule is NCC(F)(F)CNS(=O)(=O)c1ccc2[nH]c(=O)[nH]c(=O)c2c1. The number of nitrogens with one attached hydrogen (secondary N) is 3. The van der Waals surface area contributed by atoms with Gasteiger partial charge in [-0.25, -0.2) is 26.7 Å². The molecular weight excluding hydrogens is 322 g/mol. The molecule has 22 heavy (non-hydrogen) atoms. The van der Waals surface area contributed by atoms with Gasteiger partial charge in [-0.3, -0.25) is 9.78 Å². The van der Waals surface area contributed by atoms with E-state index < -0.39 is 40.3 Å². The van der Waals surface area contributed by atoms with E-state index in [0.29, 0.717) is 0 Å². The summed E-state index contributed by atoms with van der Waals surface area (Å²) in [6.45, 7) is -2.17. The number of hydrogen-bond acceptors (Lipinski definition) is 5. The van der Waals surface area contributed by atoms with Crippen LogP contribution in [0.4, 0.5) is 8.78 Å². The highest BCUT2D eigenvalue weighted by Gasteiger charge is 2.29. The van der Waals surface area contributed by atoms with Gasteiger partial charge in [-0.1, -0.05) is 0 Å². The summed E-state index contributed by atoms with van der Waals surface area (Å²) in [7, 11) is -4.25. The van der Waals surface area contributed by atoms with Crippen molar-refractivity contribution < 1.29 is 17.2 Å². The van der Waals surface area contributed by atoms with Crippen molar-refractivity contribution in [2.75, 3.05) is 13.1 Å². The van der Waals surface area contributed by atoms with Gasteiger partial charge < -0.3 is 10.7 Å². The minimum Gasteiger partial charge on any atom is -0.325 e. The van der Waals surface area contributed by atoms with Crippen molar-refractivity contribution in [2.45, 2.75) is 10.8 Å². The summed E-state index contributed by atoms with van der Waals surface area (Å²) in [6.07, 6.45) is 0. The molecule has 0 radical (unpaired) electrons. The van der Waals surface area contributed by atoms with Crippen LogP contribution in [0.2, 0.25) is 0 Å². The van der Waals surface area contributed by atoms with Gasteiger partial charge in [0.05, 0.1) is 28.9 Å². The van der Waals surface area contributed by atoms with E-state index in [1.54, 1.807) is 4.72 Å². The molecule has 120 valence electrons. The summed E-state index contributed by atoms with van der Waals surface area (Å²) in [4.78, 5) is 26.6. The van der Waals surface area contributed by atoms with Crippen LogP contribution in [-0.4, -0.2) is 37.4 Å². The Labute approximate surface area is 122 Å². The van der Waals surface area contributed by atoms with Gasteiger partial charge in [-0.15, -0.1) is 0 Å². The Bertz CT molecular complexity index is 920. The van der Waals surface area contributed by atoms with Crippen molar-refractivity contribution in [3.63, 3.8) is 0 Å². The lowest BCUT2D eigenvalue weighted by atomic mass is 10.2. The molecule has 0 aliphatic carbocycles. The van der Waals surface area contributed by atoms with Gasteiger partial charge in [0, 0.05) is 0 Å². The molecular formula is C11H12F2N4O4S. The van der Waals surface area contributed by atoms with E-state index in [0.717, 1.165) is 12.1 Å². The maximum absolute atomic E-state index is 13.0. The molecule has 0 saturated carbocycles. The van der Waals surface area contributed by atoms with Crippen molar-refractivity contribution in [1.29, 1.82) is 0 Å². The molecule has 11 heteroatoms. The fourth-order valence-corrected chi connectivity index (χ4v) is 2.76. The third-order valence-corrected chi connectivity index (χ3v) is 4.24. The molecule has 1 aromatic heterocycles. The summed E-state index contributed by atoms with van der Waals surface area (Å²) in [5.41, 5.74) is 3.41. The Balaban J connectivity index is 2.42. The molecule has 0 saturated heterocycles. The van der Waals surface area contributed by atoms with Crippen molar-refractivity contribution in [3.8, 4) is 0 Å². The second kappa shape index (κ2) is 5.59. The zero-order valence-corrected chi connectivity index (χ0v) is 11.8. The van der Waals surface area contributed by atoms with Gasteiger partial charge in [0.15, 0.2) is 0 Å². The van der Waals surface area contributed by atoms with Crippen LogP contribution in [0.15, 0.2) is 32.7 Å². The fraction of sp³-hybridized carbons (Fsp3) is 0.273. The summed E-state index contributed by atoms with van der Waals surface area (Å²) in [6, 6.07) is 3.26. The number of sulfonamides is 1. The van der Waals surface area contributed by atoms with E-state index in [-0.39, 0.29) is 15.8 Å². The summed E-state index contributed by atoms with van der Waals surface area (Å²) in [5, 5.41) is -0.0898. The van der Waals surface area contributed by atoms with E-state index in [1.165, 1.54) is 6.07 Å². The van der Waals surface area contributed by atoms with Gasteiger partial charge in [-0.2, -0.15) is 0 Å². The van der Waals surface area contributed by atoms with Crippen molar-refractivity contribution in [3.05, 3.63) is 39.0 Å². The number of benzene rings is 1. The van der Waals surface area contributed by atoms with Gasteiger partial charge in [0.1, 0.15) is 0 Å². The van der Waals surface area contributed by atoms with Crippen LogP contribution in [0.5, 0.6) is 0 Å². The molecule has 0 aliphatic heterocycles. The van der Waals surface area contributed by atoms with E-state index in [2.05, 4.69) is 4.98 Å². The monoisotopic (exact) mass is 334 g/mol. The van der Waals surface area contributed by atoms with Gasteiger partial charge in [0.25, 0.3) is 11.5 Å². The maximum Gasteiger partial charge on any atom is 0.326 e. The van der Waals surface area contributed by atoms with E-state index in [9.17, 15) is 26.8 Å². The molecule has 0 amide bonds. The number of hydrogen-bond donors (Lipinski definition) is 4. The van der Waals surface area contributed by atoms with Crippen LogP contribution in [0.3, 0.4) is 0 Å². The number of H-pyrrole nitrogens is 2. The Kier molecular flexibility index (Phi) is 4.13. The van der Waals surface area contributed by atoms with E-state index in [4.69, 9.17) is 5.73 Å². The predicted molar refractivity (Wildman–Crippen MR) is 74.4 cm³/mol. The van der Waals surface area contributed by atoms with Crippen LogP contribution in [0.25, 0.3) is 10.9 Å². The Morgan fingerprint density at radius 1 is 1.23 bits per heavy atom. The van der Waals surface area contributed by atoms with Gasteiger partial charge in [0.2, 0.25) is 10.0 Å². The normalized spacial score (nSPS) is 12.7. The van der Waals surface area contributed by atoms with Crippen LogP contribution in [0, 0.1) is 0 Å². The molecule has 1 heterocycles. The Hall–Kier alpha value is -2.11. The van der Waals surface area contributed by atoms with Crippen LogP contribution >= 0.6 is 0 Å². The zero-order valence-electron chi connectivity index (χ0n) is 11.0.